The molecule has 1 heteroatoms. The highest BCUT2D eigenvalue weighted by Crippen LogP contribution is 2.47. The third-order valence-corrected chi connectivity index (χ3v) is 4.04. The van der Waals surface area contributed by atoms with Crippen molar-refractivity contribution in [2.45, 2.75) is 25.7 Å². The summed E-state index contributed by atoms with van der Waals surface area (Å²) >= 11 is 0. The average molecular weight is 223 g/mol. The number of nitrogens with zero attached hydrogens (tertiary/aromatic N) is 1. The molecule has 0 fully saturated rings. The van der Waals surface area contributed by atoms with Crippen LogP contribution in [0.2, 0.25) is 0 Å². The molecule has 86 valence electrons. The lowest BCUT2D eigenvalue weighted by Crippen LogP contribution is -2.23. The quantitative estimate of drug-likeness (QED) is 0.693. The van der Waals surface area contributed by atoms with Crippen molar-refractivity contribution in [3.05, 3.63) is 59.8 Å². The smallest absolute Gasteiger partial charge is 0.0265 e. The molecule has 0 spiro atoms. The summed E-state index contributed by atoms with van der Waals surface area (Å²) in [4.78, 5) is 4.28. The molecular formula is C16H17N. The molecule has 0 amide bonds. The Kier molecular flexibility index (Phi) is 2.47. The average Bonchev–Trinajstić information content (AvgIpc) is 2.96. The van der Waals surface area contributed by atoms with Crippen molar-refractivity contribution < 1.29 is 0 Å². The lowest BCUT2D eigenvalue weighted by Gasteiger charge is -2.29. The number of allylic oxidation sites excluding steroid dienone is 2. The predicted octanol–water partition coefficient (Wildman–Crippen LogP) is 3.71. The zero-order valence-corrected chi connectivity index (χ0v) is 10.0. The molecular weight excluding hydrogens is 206 g/mol. The van der Waals surface area contributed by atoms with Gasteiger partial charge >= 0.3 is 0 Å². The number of rotatable bonds is 3. The maximum Gasteiger partial charge on any atom is 0.0265 e. The van der Waals surface area contributed by atoms with Gasteiger partial charge in [-0.25, -0.2) is 0 Å². The van der Waals surface area contributed by atoms with Gasteiger partial charge in [-0.2, -0.15) is 0 Å². The van der Waals surface area contributed by atoms with E-state index in [1.54, 1.807) is 0 Å². The van der Waals surface area contributed by atoms with E-state index in [9.17, 15) is 0 Å². The van der Waals surface area contributed by atoms with E-state index >= 15 is 0 Å². The van der Waals surface area contributed by atoms with Crippen LogP contribution >= 0.6 is 0 Å². The first kappa shape index (κ1) is 10.5. The molecule has 1 nitrogen and oxygen atoms in total. The highest BCUT2D eigenvalue weighted by atomic mass is 14.7. The summed E-state index contributed by atoms with van der Waals surface area (Å²) in [7, 11) is 0. The fourth-order valence-corrected chi connectivity index (χ4v) is 3.17. The molecule has 17 heavy (non-hydrogen) atoms. The van der Waals surface area contributed by atoms with E-state index in [4.69, 9.17) is 0 Å². The number of hydrogen-bond donors (Lipinski definition) is 0. The van der Waals surface area contributed by atoms with E-state index < -0.39 is 0 Å². The zero-order valence-electron chi connectivity index (χ0n) is 10.0. The molecule has 1 aromatic rings. The molecule has 0 radical (unpaired) electrons. The topological polar surface area (TPSA) is 12.4 Å². The Bertz CT molecular complexity index is 483. The molecule has 1 aliphatic heterocycles. The minimum Gasteiger partial charge on any atom is -0.269 e. The van der Waals surface area contributed by atoms with Crippen molar-refractivity contribution in [1.29, 1.82) is 0 Å². The summed E-state index contributed by atoms with van der Waals surface area (Å²) in [6.45, 7) is 3.94. The first-order valence-electron chi connectivity index (χ1n) is 6.23. The number of benzene rings is 1. The molecule has 1 heterocycles. The van der Waals surface area contributed by atoms with E-state index in [1.807, 2.05) is 6.21 Å². The molecule has 3 rings (SSSR count). The van der Waals surface area contributed by atoms with Crippen LogP contribution in [0.25, 0.3) is 0 Å². The van der Waals surface area contributed by atoms with Crippen molar-refractivity contribution in [1.82, 2.24) is 0 Å². The third kappa shape index (κ3) is 1.66. The summed E-state index contributed by atoms with van der Waals surface area (Å²) in [5.41, 5.74) is 4.74. The van der Waals surface area contributed by atoms with Crippen LogP contribution < -0.4 is 0 Å². The molecule has 2 aliphatic rings. The molecule has 0 aromatic heterocycles. The van der Waals surface area contributed by atoms with E-state index in [0.717, 1.165) is 25.7 Å². The van der Waals surface area contributed by atoms with Gasteiger partial charge in [0.15, 0.2) is 0 Å². The highest BCUT2D eigenvalue weighted by molar-refractivity contribution is 5.66. The minimum atomic E-state index is 0.252. The Morgan fingerprint density at radius 2 is 1.94 bits per heavy atom. The standard InChI is InChI=1S/C16H17N/c1-2-8-16(15-7-9-17-12-15)10-13-5-3-4-6-14(13)11-16/h2-6,9,12H,1,7-8,10-11H2. The first-order chi connectivity index (χ1) is 8.34. The fraction of sp³-hybridized carbons (Fsp3) is 0.312. The minimum absolute atomic E-state index is 0.252. The van der Waals surface area contributed by atoms with Gasteiger partial charge in [0, 0.05) is 24.3 Å². The van der Waals surface area contributed by atoms with Crippen LogP contribution in [-0.4, -0.2) is 6.21 Å². The summed E-state index contributed by atoms with van der Waals surface area (Å²) in [6.07, 6.45) is 10.5. The summed E-state index contributed by atoms with van der Waals surface area (Å²) in [5, 5.41) is 0. The largest absolute Gasteiger partial charge is 0.269 e. The summed E-state index contributed by atoms with van der Waals surface area (Å²) < 4.78 is 0. The molecule has 0 unspecified atom stereocenters. The van der Waals surface area contributed by atoms with Crippen molar-refractivity contribution in [2.24, 2.45) is 10.4 Å². The Morgan fingerprint density at radius 3 is 2.47 bits per heavy atom. The van der Waals surface area contributed by atoms with Gasteiger partial charge in [0.1, 0.15) is 0 Å². The van der Waals surface area contributed by atoms with Crippen molar-refractivity contribution >= 4 is 6.21 Å². The van der Waals surface area contributed by atoms with Crippen LogP contribution in [0.15, 0.2) is 53.7 Å². The Hall–Kier alpha value is -1.63. The van der Waals surface area contributed by atoms with Gasteiger partial charge in [0.2, 0.25) is 0 Å². The zero-order chi connectivity index (χ0) is 11.7. The molecule has 0 saturated carbocycles. The maximum atomic E-state index is 4.28. The number of fused-ring (bicyclic) bond motifs is 1. The van der Waals surface area contributed by atoms with E-state index in [-0.39, 0.29) is 5.41 Å². The van der Waals surface area contributed by atoms with Crippen LogP contribution in [0.4, 0.5) is 0 Å². The normalized spacial score (nSPS) is 20.1. The van der Waals surface area contributed by atoms with Gasteiger partial charge in [-0.1, -0.05) is 30.3 Å². The molecule has 0 atom stereocenters. The lowest BCUT2D eigenvalue weighted by molar-refractivity contribution is 0.379. The Balaban J connectivity index is 1.97. The molecule has 1 aromatic carbocycles. The number of aliphatic imine (C=N–C) groups is 1. The van der Waals surface area contributed by atoms with Crippen LogP contribution in [0.3, 0.4) is 0 Å². The van der Waals surface area contributed by atoms with Gasteiger partial charge in [-0.3, -0.25) is 4.99 Å². The second kappa shape index (κ2) is 3.99. The first-order valence-corrected chi connectivity index (χ1v) is 6.23. The van der Waals surface area contributed by atoms with Crippen molar-refractivity contribution in [3.63, 3.8) is 0 Å². The van der Waals surface area contributed by atoms with Gasteiger partial charge in [-0.05, 0) is 36.0 Å². The van der Waals surface area contributed by atoms with Gasteiger partial charge < -0.3 is 0 Å². The van der Waals surface area contributed by atoms with Crippen molar-refractivity contribution in [2.75, 3.05) is 0 Å². The van der Waals surface area contributed by atoms with E-state index in [1.165, 1.54) is 16.7 Å². The van der Waals surface area contributed by atoms with Crippen LogP contribution in [0.5, 0.6) is 0 Å². The van der Waals surface area contributed by atoms with Crippen molar-refractivity contribution in [3.8, 4) is 0 Å². The number of hydrogen-bond acceptors (Lipinski definition) is 1. The van der Waals surface area contributed by atoms with Crippen LogP contribution in [0.1, 0.15) is 24.0 Å². The van der Waals surface area contributed by atoms with Gasteiger partial charge in [-0.15, -0.1) is 6.58 Å². The van der Waals surface area contributed by atoms with Gasteiger partial charge in [0.25, 0.3) is 0 Å². The fourth-order valence-electron chi connectivity index (χ4n) is 3.17. The SMILES string of the molecule is C=CCC1(C2=CN=CC2)Cc2ccccc2C1. The predicted molar refractivity (Wildman–Crippen MR) is 72.3 cm³/mol. The second-order valence-electron chi connectivity index (χ2n) is 5.09. The lowest BCUT2D eigenvalue weighted by atomic mass is 9.74. The Labute approximate surface area is 103 Å². The van der Waals surface area contributed by atoms with Crippen LogP contribution in [-0.2, 0) is 12.8 Å². The maximum absolute atomic E-state index is 4.28. The molecule has 1 aliphatic carbocycles. The molecule has 0 bridgehead atoms. The molecule has 0 saturated heterocycles. The second-order valence-corrected chi connectivity index (χ2v) is 5.09. The monoisotopic (exact) mass is 223 g/mol. The Morgan fingerprint density at radius 1 is 1.24 bits per heavy atom. The summed E-state index contributed by atoms with van der Waals surface area (Å²) in [6, 6.07) is 8.80. The van der Waals surface area contributed by atoms with Gasteiger partial charge in [0.05, 0.1) is 0 Å². The highest BCUT2D eigenvalue weighted by Gasteiger charge is 2.39. The summed E-state index contributed by atoms with van der Waals surface area (Å²) in [5.74, 6) is 0. The van der Waals surface area contributed by atoms with Crippen LogP contribution in [0, 0.1) is 5.41 Å². The molecule has 0 N–H and O–H groups in total. The van der Waals surface area contributed by atoms with E-state index in [2.05, 4.69) is 48.1 Å². The third-order valence-electron chi connectivity index (χ3n) is 4.04. The van der Waals surface area contributed by atoms with E-state index in [0.29, 0.717) is 0 Å².